The number of nitrogens with one attached hydrogen (secondary N) is 1. The second-order valence-corrected chi connectivity index (χ2v) is 7.61. The number of hydrogen-bond acceptors (Lipinski definition) is 4. The van der Waals surface area contributed by atoms with E-state index < -0.39 is 0 Å². The maximum atomic E-state index is 12.6. The third-order valence-corrected chi connectivity index (χ3v) is 5.37. The second-order valence-electron chi connectivity index (χ2n) is 7.18. The molecule has 0 atom stereocenters. The number of fused-ring (bicyclic) bond motifs is 1. The van der Waals surface area contributed by atoms with Gasteiger partial charge in [0.2, 0.25) is 0 Å². The molecule has 4 aromatic rings. The molecule has 1 N–H and O–H groups in total. The highest BCUT2D eigenvalue weighted by molar-refractivity contribution is 6.30. The Hall–Kier alpha value is -3.51. The van der Waals surface area contributed by atoms with Crippen molar-refractivity contribution >= 4 is 28.5 Å². The van der Waals surface area contributed by atoms with Crippen LogP contribution in [0.4, 0.5) is 0 Å². The average Bonchev–Trinajstić information content (AvgIpc) is 3.17. The number of methoxy groups -OCH3 is 1. The van der Waals surface area contributed by atoms with E-state index in [9.17, 15) is 4.79 Å². The normalized spacial score (nSPS) is 10.8. The molecule has 1 amide bonds. The molecular formula is C25H24ClN3O3. The quantitative estimate of drug-likeness (QED) is 0.400. The molecule has 3 aromatic carbocycles. The van der Waals surface area contributed by atoms with Gasteiger partial charge in [0.15, 0.2) is 0 Å². The minimum Gasteiger partial charge on any atom is -0.496 e. The lowest BCUT2D eigenvalue weighted by atomic mass is 10.2. The van der Waals surface area contributed by atoms with Crippen LogP contribution in [0.2, 0.25) is 5.02 Å². The summed E-state index contributed by atoms with van der Waals surface area (Å²) >= 11 is 5.93. The summed E-state index contributed by atoms with van der Waals surface area (Å²) in [5.41, 5.74) is 2.48. The maximum Gasteiger partial charge on any atom is 0.255 e. The van der Waals surface area contributed by atoms with E-state index in [0.29, 0.717) is 42.5 Å². The molecule has 0 bridgehead atoms. The second kappa shape index (κ2) is 10.2. The highest BCUT2D eigenvalue weighted by atomic mass is 35.5. The van der Waals surface area contributed by atoms with Gasteiger partial charge in [-0.15, -0.1) is 0 Å². The fourth-order valence-electron chi connectivity index (χ4n) is 3.57. The number of amides is 1. The van der Waals surface area contributed by atoms with Crippen molar-refractivity contribution in [3.05, 3.63) is 89.2 Å². The van der Waals surface area contributed by atoms with Crippen molar-refractivity contribution in [3.63, 3.8) is 0 Å². The average molecular weight is 450 g/mol. The van der Waals surface area contributed by atoms with Crippen molar-refractivity contribution in [2.45, 2.75) is 13.0 Å². The molecule has 0 fully saturated rings. The lowest BCUT2D eigenvalue weighted by molar-refractivity contribution is 0.0951. The summed E-state index contributed by atoms with van der Waals surface area (Å²) in [4.78, 5) is 17.3. The van der Waals surface area contributed by atoms with E-state index in [1.807, 2.05) is 48.5 Å². The van der Waals surface area contributed by atoms with Gasteiger partial charge in [0.25, 0.3) is 5.91 Å². The maximum absolute atomic E-state index is 12.6. The van der Waals surface area contributed by atoms with Crippen LogP contribution in [0, 0.1) is 0 Å². The minimum absolute atomic E-state index is 0.170. The topological polar surface area (TPSA) is 65.4 Å². The van der Waals surface area contributed by atoms with Gasteiger partial charge in [0, 0.05) is 18.0 Å². The predicted molar refractivity (Wildman–Crippen MR) is 126 cm³/mol. The number of rotatable bonds is 9. The molecule has 0 radical (unpaired) electrons. The van der Waals surface area contributed by atoms with Gasteiger partial charge in [-0.05, 0) is 48.5 Å². The Morgan fingerprint density at radius 1 is 1.03 bits per heavy atom. The predicted octanol–water partition coefficient (Wildman–Crippen LogP) is 4.75. The summed E-state index contributed by atoms with van der Waals surface area (Å²) in [5.74, 6) is 2.04. The molecule has 0 aliphatic carbocycles. The van der Waals surface area contributed by atoms with E-state index in [1.54, 1.807) is 31.4 Å². The number of halogens is 1. The highest BCUT2D eigenvalue weighted by Crippen LogP contribution is 2.19. The molecule has 32 heavy (non-hydrogen) atoms. The van der Waals surface area contributed by atoms with E-state index in [4.69, 9.17) is 26.1 Å². The number of benzene rings is 3. The standard InChI is InChI=1S/C25H24ClN3O3/c1-31-23-9-5-2-6-20(23)25(30)27-15-14-24-28-21-7-3-4-8-22(21)29(24)16-17-32-19-12-10-18(26)11-13-19/h2-13H,14-17H2,1H3,(H,27,30). The van der Waals surface area contributed by atoms with Crippen LogP contribution in [-0.2, 0) is 13.0 Å². The van der Waals surface area contributed by atoms with Gasteiger partial charge in [-0.25, -0.2) is 4.98 Å². The van der Waals surface area contributed by atoms with Crippen LogP contribution in [0.15, 0.2) is 72.8 Å². The van der Waals surface area contributed by atoms with Gasteiger partial charge in [0.1, 0.15) is 23.9 Å². The van der Waals surface area contributed by atoms with E-state index >= 15 is 0 Å². The molecule has 4 rings (SSSR count). The van der Waals surface area contributed by atoms with Gasteiger partial charge < -0.3 is 19.4 Å². The van der Waals surface area contributed by atoms with Crippen molar-refractivity contribution < 1.29 is 14.3 Å². The Bertz CT molecular complexity index is 1200. The van der Waals surface area contributed by atoms with E-state index in [-0.39, 0.29) is 5.91 Å². The number of imidazole rings is 1. The fourth-order valence-corrected chi connectivity index (χ4v) is 3.69. The van der Waals surface area contributed by atoms with Gasteiger partial charge in [-0.2, -0.15) is 0 Å². The van der Waals surface area contributed by atoms with Crippen LogP contribution < -0.4 is 14.8 Å². The van der Waals surface area contributed by atoms with Crippen LogP contribution in [0.1, 0.15) is 16.2 Å². The SMILES string of the molecule is COc1ccccc1C(=O)NCCc1nc2ccccc2n1CCOc1ccc(Cl)cc1. The van der Waals surface area contributed by atoms with Crippen LogP contribution in [0.25, 0.3) is 11.0 Å². The number of para-hydroxylation sites is 3. The summed E-state index contributed by atoms with van der Waals surface area (Å²) in [6, 6.07) is 22.5. The first-order valence-electron chi connectivity index (χ1n) is 10.4. The third kappa shape index (κ3) is 5.03. The Balaban J connectivity index is 1.42. The molecule has 1 aromatic heterocycles. The molecule has 164 valence electrons. The highest BCUT2D eigenvalue weighted by Gasteiger charge is 2.13. The largest absolute Gasteiger partial charge is 0.496 e. The fraction of sp³-hybridized carbons (Fsp3) is 0.200. The number of carbonyl (C=O) groups excluding carboxylic acids is 1. The Kier molecular flexibility index (Phi) is 6.92. The number of ether oxygens (including phenoxy) is 2. The molecule has 6 nitrogen and oxygen atoms in total. The van der Waals surface area contributed by atoms with Gasteiger partial charge >= 0.3 is 0 Å². The molecule has 7 heteroatoms. The Morgan fingerprint density at radius 2 is 1.78 bits per heavy atom. The molecule has 0 unspecified atom stereocenters. The molecule has 1 heterocycles. The van der Waals surface area contributed by atoms with Crippen molar-refractivity contribution in [2.75, 3.05) is 20.3 Å². The zero-order chi connectivity index (χ0) is 22.3. The molecular weight excluding hydrogens is 426 g/mol. The van der Waals surface area contributed by atoms with E-state index in [0.717, 1.165) is 22.6 Å². The first kappa shape index (κ1) is 21.7. The summed E-state index contributed by atoms with van der Waals surface area (Å²) in [6.07, 6.45) is 0.594. The Morgan fingerprint density at radius 3 is 2.59 bits per heavy atom. The summed E-state index contributed by atoms with van der Waals surface area (Å²) in [5, 5.41) is 3.64. The zero-order valence-corrected chi connectivity index (χ0v) is 18.5. The number of hydrogen-bond donors (Lipinski definition) is 1. The third-order valence-electron chi connectivity index (χ3n) is 5.12. The molecule has 0 saturated heterocycles. The monoisotopic (exact) mass is 449 g/mol. The zero-order valence-electron chi connectivity index (χ0n) is 17.8. The summed E-state index contributed by atoms with van der Waals surface area (Å²) in [7, 11) is 1.56. The molecule has 0 spiro atoms. The molecule has 0 aliphatic rings. The molecule has 0 aliphatic heterocycles. The van der Waals surface area contributed by atoms with Crippen LogP contribution in [0.3, 0.4) is 0 Å². The van der Waals surface area contributed by atoms with Crippen LogP contribution >= 0.6 is 11.6 Å². The minimum atomic E-state index is -0.170. The molecule has 0 saturated carbocycles. The number of nitrogens with zero attached hydrogens (tertiary/aromatic N) is 2. The first-order valence-corrected chi connectivity index (χ1v) is 10.8. The Labute approximate surface area is 191 Å². The van der Waals surface area contributed by atoms with Gasteiger partial charge in [0.05, 0.1) is 30.3 Å². The number of carbonyl (C=O) groups is 1. The van der Waals surface area contributed by atoms with E-state index in [1.165, 1.54) is 0 Å². The van der Waals surface area contributed by atoms with Crippen molar-refractivity contribution in [2.24, 2.45) is 0 Å². The first-order chi connectivity index (χ1) is 15.7. The van der Waals surface area contributed by atoms with Crippen LogP contribution in [-0.4, -0.2) is 35.7 Å². The lowest BCUT2D eigenvalue weighted by Crippen LogP contribution is -2.27. The smallest absolute Gasteiger partial charge is 0.255 e. The van der Waals surface area contributed by atoms with Crippen molar-refractivity contribution in [3.8, 4) is 11.5 Å². The lowest BCUT2D eigenvalue weighted by Gasteiger charge is -2.12. The van der Waals surface area contributed by atoms with Crippen LogP contribution in [0.5, 0.6) is 11.5 Å². The van der Waals surface area contributed by atoms with Crippen molar-refractivity contribution in [1.82, 2.24) is 14.9 Å². The number of aromatic nitrogens is 2. The summed E-state index contributed by atoms with van der Waals surface area (Å²) < 4.78 is 13.3. The van der Waals surface area contributed by atoms with Gasteiger partial charge in [-0.1, -0.05) is 35.9 Å². The van der Waals surface area contributed by atoms with Gasteiger partial charge in [-0.3, -0.25) is 4.79 Å². The van der Waals surface area contributed by atoms with Crippen molar-refractivity contribution in [1.29, 1.82) is 0 Å². The van der Waals surface area contributed by atoms with E-state index in [2.05, 4.69) is 9.88 Å². The summed E-state index contributed by atoms with van der Waals surface area (Å²) in [6.45, 7) is 1.58.